The number of alkyl halides is 2. The number of fused-ring (bicyclic) bond motifs is 2. The molecule has 0 bridgehead atoms. The molecule has 1 aromatic heterocycles. The number of anilines is 2. The van der Waals surface area contributed by atoms with Crippen molar-refractivity contribution < 1.29 is 22.7 Å². The zero-order valence-corrected chi connectivity index (χ0v) is 20.7. The molecule has 6 nitrogen and oxygen atoms in total. The number of nitrogens with zero attached hydrogens (tertiary/aromatic N) is 3. The lowest BCUT2D eigenvalue weighted by atomic mass is 9.85. The van der Waals surface area contributed by atoms with Gasteiger partial charge in [-0.3, -0.25) is 4.79 Å². The molecule has 3 aromatic rings. The van der Waals surface area contributed by atoms with Crippen molar-refractivity contribution >= 4 is 28.2 Å². The molecule has 9 heteroatoms. The van der Waals surface area contributed by atoms with Gasteiger partial charge in [0, 0.05) is 41.1 Å². The van der Waals surface area contributed by atoms with Gasteiger partial charge in [0.2, 0.25) is 5.91 Å². The van der Waals surface area contributed by atoms with E-state index in [1.165, 1.54) is 12.1 Å². The van der Waals surface area contributed by atoms with E-state index in [1.807, 2.05) is 37.8 Å². The van der Waals surface area contributed by atoms with Gasteiger partial charge in [-0.25, -0.2) is 13.2 Å². The normalized spacial score (nSPS) is 19.8. The minimum atomic E-state index is -2.91. The van der Waals surface area contributed by atoms with Gasteiger partial charge < -0.3 is 15.0 Å². The number of aryl methyl sites for hydroxylation is 1. The second-order valence-electron chi connectivity index (χ2n) is 10.2. The van der Waals surface area contributed by atoms with Gasteiger partial charge in [-0.1, -0.05) is 18.2 Å². The topological polar surface area (TPSA) is 67.4 Å². The number of hydrogen-bond donors (Lipinski definition) is 1. The lowest BCUT2D eigenvalue weighted by Crippen LogP contribution is -2.39. The Kier molecular flexibility index (Phi) is 6.14. The SMILES string of the molecule is Cc1nnc(NC(C)c2cccc(C(F)F)c2F)c2cc3c(cc12)C(C)(C)C(=O)N3CC1CCOC1. The average molecular weight is 499 g/mol. The zero-order chi connectivity index (χ0) is 25.8. The molecule has 1 amide bonds. The monoisotopic (exact) mass is 498 g/mol. The van der Waals surface area contributed by atoms with E-state index in [2.05, 4.69) is 15.5 Å². The van der Waals surface area contributed by atoms with Crippen LogP contribution in [0.25, 0.3) is 10.8 Å². The number of hydrogen-bond acceptors (Lipinski definition) is 5. The van der Waals surface area contributed by atoms with E-state index < -0.39 is 29.3 Å². The molecule has 2 unspecified atom stereocenters. The first-order chi connectivity index (χ1) is 17.1. The van der Waals surface area contributed by atoms with Crippen molar-refractivity contribution in [3.8, 4) is 0 Å². The number of amides is 1. The van der Waals surface area contributed by atoms with Crippen LogP contribution < -0.4 is 10.2 Å². The van der Waals surface area contributed by atoms with Crippen molar-refractivity contribution in [1.82, 2.24) is 10.2 Å². The van der Waals surface area contributed by atoms with Crippen LogP contribution in [0.1, 0.15) is 62.0 Å². The van der Waals surface area contributed by atoms with Crippen LogP contribution in [0.5, 0.6) is 0 Å². The molecular formula is C27H29F3N4O2. The first-order valence-corrected chi connectivity index (χ1v) is 12.1. The third-order valence-electron chi connectivity index (χ3n) is 7.40. The van der Waals surface area contributed by atoms with Gasteiger partial charge in [-0.15, -0.1) is 5.10 Å². The maximum absolute atomic E-state index is 14.8. The molecule has 1 fully saturated rings. The molecule has 1 N–H and O–H groups in total. The summed E-state index contributed by atoms with van der Waals surface area (Å²) in [6.07, 6.45) is -2.00. The number of ether oxygens (including phenoxy) is 1. The highest BCUT2D eigenvalue weighted by atomic mass is 19.3. The Morgan fingerprint density at radius 1 is 1.19 bits per heavy atom. The Morgan fingerprint density at radius 2 is 1.94 bits per heavy atom. The number of carbonyl (C=O) groups is 1. The van der Waals surface area contributed by atoms with Crippen molar-refractivity contribution in [2.45, 2.75) is 52.0 Å². The van der Waals surface area contributed by atoms with Gasteiger partial charge in [0.1, 0.15) is 5.82 Å². The van der Waals surface area contributed by atoms with Gasteiger partial charge in [-0.2, -0.15) is 5.10 Å². The van der Waals surface area contributed by atoms with Crippen LogP contribution in [0.3, 0.4) is 0 Å². The first kappa shape index (κ1) is 24.5. The molecule has 3 heterocycles. The Bertz CT molecular complexity index is 1340. The molecule has 190 valence electrons. The first-order valence-electron chi connectivity index (χ1n) is 12.1. The molecule has 2 aromatic carbocycles. The standard InChI is InChI=1S/C27H29F3N4O2/c1-14(17-6-5-7-18(23(17)28)24(29)30)31-25-20-11-22-21(10-19(20)15(2)32-33-25)27(3,4)26(35)34(22)12-16-8-9-36-13-16/h5-7,10-11,14,16,24H,8-9,12-13H2,1-4H3,(H,31,33). The minimum Gasteiger partial charge on any atom is -0.381 e. The summed E-state index contributed by atoms with van der Waals surface area (Å²) in [6.45, 7) is 9.29. The molecule has 5 rings (SSSR count). The molecule has 36 heavy (non-hydrogen) atoms. The molecular weight excluding hydrogens is 469 g/mol. The van der Waals surface area contributed by atoms with Crippen molar-refractivity contribution in [3.63, 3.8) is 0 Å². The Labute approximate surface area is 207 Å². The van der Waals surface area contributed by atoms with E-state index in [4.69, 9.17) is 4.74 Å². The number of benzene rings is 2. The summed E-state index contributed by atoms with van der Waals surface area (Å²) in [5.41, 5.74) is 1.22. The van der Waals surface area contributed by atoms with Gasteiger partial charge in [-0.05, 0) is 51.8 Å². The third-order valence-corrected chi connectivity index (χ3v) is 7.40. The van der Waals surface area contributed by atoms with Crippen LogP contribution in [0.2, 0.25) is 0 Å². The molecule has 0 saturated carbocycles. The Hall–Kier alpha value is -3.20. The smallest absolute Gasteiger partial charge is 0.266 e. The highest BCUT2D eigenvalue weighted by Gasteiger charge is 2.45. The van der Waals surface area contributed by atoms with Crippen molar-refractivity contribution in [1.29, 1.82) is 0 Å². The van der Waals surface area contributed by atoms with E-state index in [0.29, 0.717) is 31.3 Å². The third kappa shape index (κ3) is 3.99. The number of nitrogens with one attached hydrogen (secondary N) is 1. The summed E-state index contributed by atoms with van der Waals surface area (Å²) in [5.74, 6) is -0.234. The largest absolute Gasteiger partial charge is 0.381 e. The quantitative estimate of drug-likeness (QED) is 0.462. The van der Waals surface area contributed by atoms with Gasteiger partial charge in [0.15, 0.2) is 5.82 Å². The van der Waals surface area contributed by atoms with E-state index in [9.17, 15) is 18.0 Å². The summed E-state index contributed by atoms with van der Waals surface area (Å²) >= 11 is 0. The maximum Gasteiger partial charge on any atom is 0.266 e. The summed E-state index contributed by atoms with van der Waals surface area (Å²) in [4.78, 5) is 15.3. The zero-order valence-electron chi connectivity index (χ0n) is 20.7. The summed E-state index contributed by atoms with van der Waals surface area (Å²) in [6, 6.07) is 7.27. The molecule has 2 aliphatic heterocycles. The van der Waals surface area contributed by atoms with E-state index >= 15 is 0 Å². The number of halogens is 3. The fraction of sp³-hybridized carbons (Fsp3) is 0.444. The fourth-order valence-electron chi connectivity index (χ4n) is 5.23. The van der Waals surface area contributed by atoms with Crippen LogP contribution in [0, 0.1) is 18.7 Å². The predicted molar refractivity (Wildman–Crippen MR) is 132 cm³/mol. The van der Waals surface area contributed by atoms with Gasteiger partial charge in [0.25, 0.3) is 6.43 Å². The molecule has 2 atom stereocenters. The minimum absolute atomic E-state index is 0.0343. The van der Waals surface area contributed by atoms with E-state index in [1.54, 1.807) is 6.92 Å². The van der Waals surface area contributed by atoms with Crippen LogP contribution in [0.15, 0.2) is 30.3 Å². The summed E-state index contributed by atoms with van der Waals surface area (Å²) < 4.78 is 46.8. The van der Waals surface area contributed by atoms with Crippen molar-refractivity contribution in [2.24, 2.45) is 5.92 Å². The van der Waals surface area contributed by atoms with Crippen LogP contribution >= 0.6 is 0 Å². The van der Waals surface area contributed by atoms with Gasteiger partial charge in [0.05, 0.1) is 29.3 Å². The molecule has 0 radical (unpaired) electrons. The molecule has 0 aliphatic carbocycles. The second kappa shape index (κ2) is 9.03. The van der Waals surface area contributed by atoms with Crippen LogP contribution in [-0.2, 0) is 14.9 Å². The number of carbonyl (C=O) groups excluding carboxylic acids is 1. The summed E-state index contributed by atoms with van der Waals surface area (Å²) in [5, 5.41) is 13.3. The number of aromatic nitrogens is 2. The molecule has 0 spiro atoms. The van der Waals surface area contributed by atoms with Crippen molar-refractivity contribution in [2.75, 3.05) is 30.0 Å². The van der Waals surface area contributed by atoms with E-state index in [0.717, 1.165) is 34.5 Å². The molecule has 1 saturated heterocycles. The molecule has 2 aliphatic rings. The fourth-order valence-corrected chi connectivity index (χ4v) is 5.23. The number of rotatable bonds is 6. The van der Waals surface area contributed by atoms with Gasteiger partial charge >= 0.3 is 0 Å². The van der Waals surface area contributed by atoms with Crippen LogP contribution in [0.4, 0.5) is 24.7 Å². The van der Waals surface area contributed by atoms with E-state index in [-0.39, 0.29) is 17.4 Å². The average Bonchev–Trinajstić information content (AvgIpc) is 3.41. The lowest BCUT2D eigenvalue weighted by molar-refractivity contribution is -0.122. The second-order valence-corrected chi connectivity index (χ2v) is 10.2. The van der Waals surface area contributed by atoms with Crippen molar-refractivity contribution in [3.05, 3.63) is 58.5 Å². The summed E-state index contributed by atoms with van der Waals surface area (Å²) in [7, 11) is 0. The maximum atomic E-state index is 14.8. The predicted octanol–water partition coefficient (Wildman–Crippen LogP) is 5.85. The lowest BCUT2D eigenvalue weighted by Gasteiger charge is -2.23. The Morgan fingerprint density at radius 3 is 2.64 bits per heavy atom. The van der Waals surface area contributed by atoms with Crippen LogP contribution in [-0.4, -0.2) is 35.9 Å². The Balaban J connectivity index is 1.57. The highest BCUT2D eigenvalue weighted by Crippen LogP contribution is 2.45. The highest BCUT2D eigenvalue weighted by molar-refractivity contribution is 6.11.